The molecule has 1 N–H and O–H groups in total. The Balaban J connectivity index is 1.97. The summed E-state index contributed by atoms with van der Waals surface area (Å²) in [7, 11) is 1.68. The Morgan fingerprint density at radius 3 is 2.30 bits per heavy atom. The van der Waals surface area contributed by atoms with E-state index in [2.05, 4.69) is 19.2 Å². The first-order valence-corrected chi connectivity index (χ1v) is 8.13. The number of rotatable bonds is 11. The molecular formula is C16H33NO3. The first kappa shape index (κ1) is 17.9. The van der Waals surface area contributed by atoms with E-state index in [1.807, 2.05) is 0 Å². The van der Waals surface area contributed by atoms with Gasteiger partial charge < -0.3 is 19.5 Å². The van der Waals surface area contributed by atoms with Crippen LogP contribution in [0.25, 0.3) is 0 Å². The fourth-order valence-corrected chi connectivity index (χ4v) is 2.99. The van der Waals surface area contributed by atoms with Gasteiger partial charge in [0.05, 0.1) is 33.0 Å². The van der Waals surface area contributed by atoms with E-state index in [1.165, 1.54) is 25.7 Å². The summed E-state index contributed by atoms with van der Waals surface area (Å²) in [6.45, 7) is 9.04. The summed E-state index contributed by atoms with van der Waals surface area (Å²) in [5.74, 6) is 1.61. The molecule has 1 fully saturated rings. The Morgan fingerprint density at radius 2 is 1.60 bits per heavy atom. The molecule has 0 radical (unpaired) electrons. The lowest BCUT2D eigenvalue weighted by molar-refractivity contribution is 0.0244. The van der Waals surface area contributed by atoms with E-state index in [9.17, 15) is 0 Å². The number of methoxy groups -OCH3 is 1. The molecule has 0 spiro atoms. The van der Waals surface area contributed by atoms with E-state index in [-0.39, 0.29) is 0 Å². The van der Waals surface area contributed by atoms with Gasteiger partial charge in [0.2, 0.25) is 0 Å². The van der Waals surface area contributed by atoms with Crippen molar-refractivity contribution in [2.45, 2.75) is 45.6 Å². The first-order chi connectivity index (χ1) is 9.75. The van der Waals surface area contributed by atoms with Crippen molar-refractivity contribution < 1.29 is 14.2 Å². The topological polar surface area (TPSA) is 39.7 Å². The summed E-state index contributed by atoms with van der Waals surface area (Å²) < 4.78 is 15.8. The van der Waals surface area contributed by atoms with Crippen LogP contribution < -0.4 is 5.32 Å². The minimum Gasteiger partial charge on any atom is -0.382 e. The molecule has 4 heteroatoms. The Bertz CT molecular complexity index is 224. The highest BCUT2D eigenvalue weighted by Crippen LogP contribution is 2.29. The Hall–Kier alpha value is -0.160. The molecule has 4 nitrogen and oxygen atoms in total. The Labute approximate surface area is 124 Å². The maximum absolute atomic E-state index is 5.57. The van der Waals surface area contributed by atoms with Gasteiger partial charge in [0.15, 0.2) is 0 Å². The highest BCUT2D eigenvalue weighted by molar-refractivity contribution is 4.82. The monoisotopic (exact) mass is 287 g/mol. The molecule has 1 rings (SSSR count). The molecular weight excluding hydrogens is 254 g/mol. The number of ether oxygens (including phenoxy) is 3. The summed E-state index contributed by atoms with van der Waals surface area (Å²) in [6, 6.07) is 0.685. The first-order valence-electron chi connectivity index (χ1n) is 8.13. The van der Waals surface area contributed by atoms with Crippen molar-refractivity contribution in [3.63, 3.8) is 0 Å². The number of hydrogen-bond donors (Lipinski definition) is 1. The van der Waals surface area contributed by atoms with E-state index in [0.29, 0.717) is 32.5 Å². The van der Waals surface area contributed by atoms with Crippen LogP contribution in [0.2, 0.25) is 0 Å². The third kappa shape index (κ3) is 7.58. The minimum absolute atomic E-state index is 0.649. The van der Waals surface area contributed by atoms with Crippen molar-refractivity contribution in [1.82, 2.24) is 5.32 Å². The summed E-state index contributed by atoms with van der Waals surface area (Å²) in [4.78, 5) is 0. The van der Waals surface area contributed by atoms with E-state index >= 15 is 0 Å². The third-order valence-electron chi connectivity index (χ3n) is 4.13. The zero-order chi connectivity index (χ0) is 14.6. The fourth-order valence-electron chi connectivity index (χ4n) is 2.99. The largest absolute Gasteiger partial charge is 0.382 e. The molecule has 2 atom stereocenters. The predicted molar refractivity (Wildman–Crippen MR) is 82.1 cm³/mol. The predicted octanol–water partition coefficient (Wildman–Crippen LogP) is 2.47. The minimum atomic E-state index is 0.649. The van der Waals surface area contributed by atoms with E-state index in [1.54, 1.807) is 7.11 Å². The van der Waals surface area contributed by atoms with E-state index < -0.39 is 0 Å². The molecule has 0 aromatic heterocycles. The normalized spacial score (nSPS) is 23.4. The molecule has 1 saturated carbocycles. The van der Waals surface area contributed by atoms with Gasteiger partial charge in [-0.05, 0) is 24.7 Å². The second-order valence-electron chi connectivity index (χ2n) is 5.97. The van der Waals surface area contributed by atoms with Crippen LogP contribution in [-0.2, 0) is 14.2 Å². The van der Waals surface area contributed by atoms with Gasteiger partial charge in [0, 0.05) is 19.7 Å². The number of nitrogens with one attached hydrogen (secondary N) is 1. The summed E-state index contributed by atoms with van der Waals surface area (Å²) in [6.07, 6.45) is 5.47. The van der Waals surface area contributed by atoms with Gasteiger partial charge in [0.25, 0.3) is 0 Å². The van der Waals surface area contributed by atoms with Gasteiger partial charge in [-0.2, -0.15) is 0 Å². The van der Waals surface area contributed by atoms with Crippen molar-refractivity contribution in [3.8, 4) is 0 Å². The van der Waals surface area contributed by atoms with Crippen LogP contribution in [0.4, 0.5) is 0 Å². The van der Waals surface area contributed by atoms with Crippen molar-refractivity contribution >= 4 is 0 Å². The molecule has 0 aromatic carbocycles. The molecule has 1 aliphatic rings. The van der Waals surface area contributed by atoms with Gasteiger partial charge >= 0.3 is 0 Å². The molecule has 2 unspecified atom stereocenters. The highest BCUT2D eigenvalue weighted by atomic mass is 16.5. The average molecular weight is 287 g/mol. The molecule has 0 aliphatic heterocycles. The van der Waals surface area contributed by atoms with Gasteiger partial charge in [0.1, 0.15) is 0 Å². The number of hydrogen-bond acceptors (Lipinski definition) is 4. The molecule has 0 saturated heterocycles. The van der Waals surface area contributed by atoms with Crippen molar-refractivity contribution in [2.24, 2.45) is 11.8 Å². The summed E-state index contributed by atoms with van der Waals surface area (Å²) in [5, 5.41) is 3.68. The highest BCUT2D eigenvalue weighted by Gasteiger charge is 2.26. The van der Waals surface area contributed by atoms with E-state index in [0.717, 1.165) is 25.0 Å². The van der Waals surface area contributed by atoms with Crippen LogP contribution >= 0.6 is 0 Å². The molecule has 0 bridgehead atoms. The summed E-state index contributed by atoms with van der Waals surface area (Å²) in [5.41, 5.74) is 0. The van der Waals surface area contributed by atoms with Crippen LogP contribution in [0.3, 0.4) is 0 Å². The average Bonchev–Trinajstić information content (AvgIpc) is 2.46. The van der Waals surface area contributed by atoms with E-state index in [4.69, 9.17) is 14.2 Å². The SMILES string of the molecule is COCCOCCOCCNC1CCCCC1C(C)C. The van der Waals surface area contributed by atoms with Gasteiger partial charge in [-0.15, -0.1) is 0 Å². The molecule has 1 aliphatic carbocycles. The molecule has 0 amide bonds. The zero-order valence-electron chi connectivity index (χ0n) is 13.5. The van der Waals surface area contributed by atoms with Crippen molar-refractivity contribution in [3.05, 3.63) is 0 Å². The van der Waals surface area contributed by atoms with Crippen LogP contribution in [0.15, 0.2) is 0 Å². The van der Waals surface area contributed by atoms with Gasteiger partial charge in [-0.3, -0.25) is 0 Å². The lowest BCUT2D eigenvalue weighted by Gasteiger charge is -2.35. The lowest BCUT2D eigenvalue weighted by Crippen LogP contribution is -2.42. The molecule has 120 valence electrons. The van der Waals surface area contributed by atoms with Crippen molar-refractivity contribution in [2.75, 3.05) is 46.7 Å². The third-order valence-corrected chi connectivity index (χ3v) is 4.13. The van der Waals surface area contributed by atoms with Crippen LogP contribution in [0, 0.1) is 11.8 Å². The standard InChI is InChI=1S/C16H33NO3/c1-14(2)15-6-4-5-7-16(15)17-8-9-19-12-13-20-11-10-18-3/h14-17H,4-13H2,1-3H3. The maximum Gasteiger partial charge on any atom is 0.0701 e. The molecule has 0 heterocycles. The van der Waals surface area contributed by atoms with Crippen LogP contribution in [-0.4, -0.2) is 52.7 Å². The Kier molecular flexibility index (Phi) is 10.3. The summed E-state index contributed by atoms with van der Waals surface area (Å²) >= 11 is 0. The van der Waals surface area contributed by atoms with Gasteiger partial charge in [-0.25, -0.2) is 0 Å². The quantitative estimate of drug-likeness (QED) is 0.593. The second-order valence-corrected chi connectivity index (χ2v) is 5.97. The lowest BCUT2D eigenvalue weighted by atomic mass is 9.78. The van der Waals surface area contributed by atoms with Gasteiger partial charge in [-0.1, -0.05) is 26.7 Å². The van der Waals surface area contributed by atoms with Crippen molar-refractivity contribution in [1.29, 1.82) is 0 Å². The smallest absolute Gasteiger partial charge is 0.0701 e. The Morgan fingerprint density at radius 1 is 0.950 bits per heavy atom. The fraction of sp³-hybridized carbons (Fsp3) is 1.00. The van der Waals surface area contributed by atoms with Crippen LogP contribution in [0.5, 0.6) is 0 Å². The molecule has 20 heavy (non-hydrogen) atoms. The molecule has 0 aromatic rings. The zero-order valence-corrected chi connectivity index (χ0v) is 13.5. The second kappa shape index (κ2) is 11.5. The van der Waals surface area contributed by atoms with Crippen LogP contribution in [0.1, 0.15) is 39.5 Å². The maximum atomic E-state index is 5.57.